The Morgan fingerprint density at radius 1 is 1.33 bits per heavy atom. The van der Waals surface area contributed by atoms with E-state index in [0.29, 0.717) is 10.8 Å². The highest BCUT2D eigenvalue weighted by atomic mass is 35.5. The van der Waals surface area contributed by atoms with Crippen LogP contribution in [0.4, 0.5) is 0 Å². The van der Waals surface area contributed by atoms with Crippen molar-refractivity contribution in [1.82, 2.24) is 4.31 Å². The summed E-state index contributed by atoms with van der Waals surface area (Å²) in [5.41, 5.74) is 1.01. The minimum absolute atomic E-state index is 0.500. The van der Waals surface area contributed by atoms with Crippen LogP contribution < -0.4 is 0 Å². The van der Waals surface area contributed by atoms with Crippen molar-refractivity contribution in [1.29, 1.82) is 0 Å². The molecule has 1 aliphatic heterocycles. The summed E-state index contributed by atoms with van der Waals surface area (Å²) < 4.78 is 4.83. The molecule has 0 radical (unpaired) electrons. The van der Waals surface area contributed by atoms with Crippen LogP contribution in [-0.2, 0) is 0 Å². The molecule has 1 aliphatic carbocycles. The van der Waals surface area contributed by atoms with Gasteiger partial charge in [-0.2, -0.15) is 0 Å². The van der Waals surface area contributed by atoms with Crippen LogP contribution in [0.15, 0.2) is 16.3 Å². The maximum Gasteiger partial charge on any atom is 0.0940 e. The first-order valence-corrected chi connectivity index (χ1v) is 8.52. The molecule has 2 bridgehead atoms. The number of hydrogen-bond acceptors (Lipinski definition) is 3. The van der Waals surface area contributed by atoms with E-state index in [1.807, 2.05) is 18.0 Å². The van der Waals surface area contributed by atoms with E-state index in [4.69, 9.17) is 11.6 Å². The second kappa shape index (κ2) is 4.41. The Hall–Kier alpha value is 0.300. The van der Waals surface area contributed by atoms with Crippen molar-refractivity contribution >= 4 is 34.9 Å². The van der Waals surface area contributed by atoms with Gasteiger partial charge in [0.25, 0.3) is 0 Å². The molecule has 1 saturated heterocycles. The summed E-state index contributed by atoms with van der Waals surface area (Å²) in [5.74, 6) is 0. The molecule has 1 aromatic rings. The molecule has 0 amide bonds. The van der Waals surface area contributed by atoms with E-state index in [2.05, 4.69) is 31.1 Å². The third kappa shape index (κ3) is 2.60. The van der Waals surface area contributed by atoms with Gasteiger partial charge in [-0.15, -0.1) is 11.3 Å². The molecular formula is C14H20ClNS2. The fourth-order valence-electron chi connectivity index (χ4n) is 3.98. The van der Waals surface area contributed by atoms with E-state index in [1.54, 1.807) is 11.3 Å². The van der Waals surface area contributed by atoms with Crippen LogP contribution in [-0.4, -0.2) is 16.9 Å². The summed E-state index contributed by atoms with van der Waals surface area (Å²) in [6.07, 6.45) is 4.05. The molecule has 0 N–H and O–H groups in total. The van der Waals surface area contributed by atoms with Gasteiger partial charge in [-0.25, -0.2) is 4.31 Å². The largest absolute Gasteiger partial charge is 0.242 e. The summed E-state index contributed by atoms with van der Waals surface area (Å²) in [6, 6.07) is 4.89. The predicted molar refractivity (Wildman–Crippen MR) is 81.4 cm³/mol. The van der Waals surface area contributed by atoms with E-state index in [9.17, 15) is 0 Å². The Labute approximate surface area is 123 Å². The van der Waals surface area contributed by atoms with Crippen LogP contribution in [0.5, 0.6) is 0 Å². The molecule has 2 unspecified atom stereocenters. The van der Waals surface area contributed by atoms with Crippen molar-refractivity contribution in [3.8, 4) is 0 Å². The van der Waals surface area contributed by atoms with Gasteiger partial charge in [0.05, 0.1) is 8.55 Å². The highest BCUT2D eigenvalue weighted by Crippen LogP contribution is 2.55. The van der Waals surface area contributed by atoms with Crippen molar-refractivity contribution in [3.63, 3.8) is 0 Å². The van der Waals surface area contributed by atoms with Crippen LogP contribution in [0.2, 0.25) is 4.34 Å². The van der Waals surface area contributed by atoms with Crippen LogP contribution >= 0.6 is 34.9 Å². The minimum atomic E-state index is 0.500. The molecule has 0 spiro atoms. The number of halogens is 1. The van der Waals surface area contributed by atoms with Gasteiger partial charge in [0, 0.05) is 12.6 Å². The van der Waals surface area contributed by atoms with Gasteiger partial charge in [0.15, 0.2) is 0 Å². The lowest BCUT2D eigenvalue weighted by Crippen LogP contribution is -2.33. The third-order valence-corrected chi connectivity index (χ3v) is 6.60. The first-order valence-electron chi connectivity index (χ1n) is 6.55. The molecule has 18 heavy (non-hydrogen) atoms. The normalized spacial score (nSPS) is 35.0. The fraction of sp³-hybridized carbons (Fsp3) is 0.714. The molecule has 2 atom stereocenters. The minimum Gasteiger partial charge on any atom is -0.242 e. The molecule has 1 aromatic heterocycles. The third-order valence-electron chi connectivity index (χ3n) is 4.12. The van der Waals surface area contributed by atoms with Crippen molar-refractivity contribution in [3.05, 3.63) is 16.5 Å². The van der Waals surface area contributed by atoms with Gasteiger partial charge in [-0.05, 0) is 54.2 Å². The topological polar surface area (TPSA) is 3.24 Å². The van der Waals surface area contributed by atoms with Crippen molar-refractivity contribution in [2.45, 2.75) is 50.3 Å². The van der Waals surface area contributed by atoms with Crippen LogP contribution in [0.1, 0.15) is 40.0 Å². The number of hydrogen-bond donors (Lipinski definition) is 0. The van der Waals surface area contributed by atoms with Crippen molar-refractivity contribution in [2.75, 3.05) is 6.54 Å². The molecule has 4 heteroatoms. The summed E-state index contributed by atoms with van der Waals surface area (Å²) >= 11 is 9.63. The lowest BCUT2D eigenvalue weighted by Gasteiger charge is -2.39. The summed E-state index contributed by atoms with van der Waals surface area (Å²) in [4.78, 5) is 0. The predicted octanol–water partition coefficient (Wildman–Crippen LogP) is 5.31. The molecule has 0 aromatic carbocycles. The van der Waals surface area contributed by atoms with Gasteiger partial charge in [0.2, 0.25) is 0 Å². The highest BCUT2D eigenvalue weighted by Gasteiger charge is 2.49. The van der Waals surface area contributed by atoms with E-state index in [-0.39, 0.29) is 0 Å². The quantitative estimate of drug-likeness (QED) is 0.681. The molecule has 100 valence electrons. The van der Waals surface area contributed by atoms with Gasteiger partial charge in [-0.1, -0.05) is 32.4 Å². The van der Waals surface area contributed by atoms with E-state index >= 15 is 0 Å². The van der Waals surface area contributed by atoms with E-state index in [1.165, 1.54) is 30.0 Å². The van der Waals surface area contributed by atoms with E-state index in [0.717, 1.165) is 10.4 Å². The molecule has 1 saturated carbocycles. The smallest absolute Gasteiger partial charge is 0.0940 e. The first kappa shape index (κ1) is 13.3. The number of thiophene rings is 1. The zero-order valence-corrected chi connectivity index (χ0v) is 13.6. The number of rotatable bonds is 2. The Balaban J connectivity index is 1.76. The number of nitrogens with zero attached hydrogens (tertiary/aromatic N) is 1. The SMILES string of the molecule is CC1(C)CC2CC(C)(CN2Sc2ccc(Cl)s2)C1. The maximum absolute atomic E-state index is 6.02. The molecule has 2 heterocycles. The number of fused-ring (bicyclic) bond motifs is 2. The van der Waals surface area contributed by atoms with Crippen LogP contribution in [0.25, 0.3) is 0 Å². The second-order valence-corrected chi connectivity index (χ2v) is 10.0. The Bertz CT molecular complexity index is 456. The lowest BCUT2D eigenvalue weighted by atomic mass is 9.65. The maximum atomic E-state index is 6.02. The van der Waals surface area contributed by atoms with Gasteiger partial charge in [-0.3, -0.25) is 0 Å². The monoisotopic (exact) mass is 301 g/mol. The van der Waals surface area contributed by atoms with Gasteiger partial charge >= 0.3 is 0 Å². The van der Waals surface area contributed by atoms with Gasteiger partial charge < -0.3 is 0 Å². The Morgan fingerprint density at radius 3 is 2.78 bits per heavy atom. The molecular weight excluding hydrogens is 282 g/mol. The molecule has 1 nitrogen and oxygen atoms in total. The van der Waals surface area contributed by atoms with Crippen LogP contribution in [0.3, 0.4) is 0 Å². The van der Waals surface area contributed by atoms with Crippen molar-refractivity contribution < 1.29 is 0 Å². The van der Waals surface area contributed by atoms with Gasteiger partial charge in [0.1, 0.15) is 0 Å². The zero-order valence-electron chi connectivity index (χ0n) is 11.2. The molecule has 3 rings (SSSR count). The Morgan fingerprint density at radius 2 is 2.11 bits per heavy atom. The van der Waals surface area contributed by atoms with Crippen molar-refractivity contribution in [2.24, 2.45) is 10.8 Å². The zero-order chi connectivity index (χ0) is 13.0. The second-order valence-electron chi connectivity index (χ2n) is 6.94. The summed E-state index contributed by atoms with van der Waals surface area (Å²) in [7, 11) is 0. The summed E-state index contributed by atoms with van der Waals surface area (Å²) in [6.45, 7) is 8.53. The standard InChI is InChI=1S/C14H20ClNS2/c1-13(2)6-10-7-14(3,8-13)9-16(10)18-12-5-4-11(15)17-12/h4-5,10H,6-9H2,1-3H3. The highest BCUT2D eigenvalue weighted by molar-refractivity contribution is 7.99. The Kier molecular flexibility index (Phi) is 3.25. The average molecular weight is 302 g/mol. The molecule has 2 fully saturated rings. The fourth-order valence-corrected chi connectivity index (χ4v) is 6.63. The molecule has 2 aliphatic rings. The summed E-state index contributed by atoms with van der Waals surface area (Å²) in [5, 5.41) is 0. The lowest BCUT2D eigenvalue weighted by molar-refractivity contribution is 0.133. The average Bonchev–Trinajstić information content (AvgIpc) is 2.68. The van der Waals surface area contributed by atoms with Crippen LogP contribution in [0, 0.1) is 10.8 Å². The van der Waals surface area contributed by atoms with E-state index < -0.39 is 0 Å². The first-order chi connectivity index (χ1) is 8.35.